The van der Waals surface area contributed by atoms with Crippen molar-refractivity contribution in [2.45, 2.75) is 63.1 Å². The molecule has 9 heteroatoms. The molecule has 1 aliphatic rings. The van der Waals surface area contributed by atoms with Gasteiger partial charge >= 0.3 is 0 Å². The molecule has 3 rings (SSSR count). The molecule has 0 aromatic heterocycles. The first kappa shape index (κ1) is 26.2. The number of rotatable bonds is 9. The third-order valence-corrected chi connectivity index (χ3v) is 8.29. The number of carbonyl (C=O) groups excluding carboxylic acids is 2. The lowest BCUT2D eigenvalue weighted by molar-refractivity contribution is -0.140. The van der Waals surface area contributed by atoms with Gasteiger partial charge in [-0.15, -0.1) is 0 Å². The van der Waals surface area contributed by atoms with E-state index in [4.69, 9.17) is 11.6 Å². The van der Waals surface area contributed by atoms with Gasteiger partial charge in [-0.2, -0.15) is 4.31 Å². The third-order valence-electron chi connectivity index (χ3n) is 6.22. The van der Waals surface area contributed by atoms with Crippen LogP contribution >= 0.6 is 11.6 Å². The zero-order valence-electron chi connectivity index (χ0n) is 19.8. The zero-order valence-corrected chi connectivity index (χ0v) is 21.4. The molecule has 0 spiro atoms. The number of sulfonamides is 1. The van der Waals surface area contributed by atoms with E-state index >= 15 is 0 Å². The largest absolute Gasteiger partial charge is 0.352 e. The van der Waals surface area contributed by atoms with Crippen LogP contribution in [0.15, 0.2) is 53.4 Å². The summed E-state index contributed by atoms with van der Waals surface area (Å²) in [4.78, 5) is 27.9. The number of nitrogens with one attached hydrogen (secondary N) is 1. The van der Waals surface area contributed by atoms with Crippen molar-refractivity contribution in [2.24, 2.45) is 0 Å². The monoisotopic (exact) mass is 505 g/mol. The maximum atomic E-state index is 13.4. The van der Waals surface area contributed by atoms with Crippen molar-refractivity contribution < 1.29 is 18.0 Å². The Labute approximate surface area is 207 Å². The van der Waals surface area contributed by atoms with Gasteiger partial charge in [-0.1, -0.05) is 54.3 Å². The Morgan fingerprint density at radius 2 is 1.65 bits per heavy atom. The van der Waals surface area contributed by atoms with Gasteiger partial charge < -0.3 is 10.2 Å². The van der Waals surface area contributed by atoms with Crippen LogP contribution < -0.4 is 5.32 Å². The van der Waals surface area contributed by atoms with E-state index in [1.807, 2.05) is 6.92 Å². The van der Waals surface area contributed by atoms with Crippen LogP contribution in [0, 0.1) is 6.92 Å². The van der Waals surface area contributed by atoms with Crippen LogP contribution in [0.1, 0.15) is 43.7 Å². The molecule has 1 atom stereocenters. The molecule has 34 heavy (non-hydrogen) atoms. The van der Waals surface area contributed by atoms with Gasteiger partial charge in [-0.3, -0.25) is 9.59 Å². The fourth-order valence-electron chi connectivity index (χ4n) is 4.02. The van der Waals surface area contributed by atoms with Crippen LogP contribution in [-0.4, -0.2) is 55.1 Å². The number of hydrogen-bond acceptors (Lipinski definition) is 4. The Morgan fingerprint density at radius 1 is 1.06 bits per heavy atom. The predicted molar refractivity (Wildman–Crippen MR) is 133 cm³/mol. The van der Waals surface area contributed by atoms with Gasteiger partial charge in [0.25, 0.3) is 0 Å². The number of carbonyl (C=O) groups is 2. The third kappa shape index (κ3) is 6.58. The highest BCUT2D eigenvalue weighted by molar-refractivity contribution is 7.89. The van der Waals surface area contributed by atoms with Gasteiger partial charge in [0.1, 0.15) is 6.04 Å². The molecule has 1 N–H and O–H groups in total. The molecule has 2 aromatic carbocycles. The molecule has 0 heterocycles. The Hall–Kier alpha value is -2.42. The lowest BCUT2D eigenvalue weighted by Crippen LogP contribution is -2.52. The van der Waals surface area contributed by atoms with E-state index in [2.05, 4.69) is 5.32 Å². The number of halogens is 1. The maximum Gasteiger partial charge on any atom is 0.243 e. The zero-order chi connectivity index (χ0) is 24.9. The Morgan fingerprint density at radius 3 is 2.24 bits per heavy atom. The molecule has 1 saturated carbocycles. The van der Waals surface area contributed by atoms with Crippen molar-refractivity contribution >= 4 is 33.4 Å². The second-order valence-electron chi connectivity index (χ2n) is 8.89. The van der Waals surface area contributed by atoms with E-state index in [1.165, 1.54) is 24.1 Å². The molecular formula is C25H32ClN3O4S. The van der Waals surface area contributed by atoms with Gasteiger partial charge in [-0.25, -0.2) is 8.42 Å². The minimum absolute atomic E-state index is 0.115. The molecule has 184 valence electrons. The van der Waals surface area contributed by atoms with Gasteiger partial charge in [0.15, 0.2) is 0 Å². The quantitative estimate of drug-likeness (QED) is 0.562. The van der Waals surface area contributed by atoms with E-state index in [0.717, 1.165) is 41.1 Å². The van der Waals surface area contributed by atoms with Crippen LogP contribution in [0.3, 0.4) is 0 Å². The summed E-state index contributed by atoms with van der Waals surface area (Å²) < 4.78 is 27.0. The fraction of sp³-hybridized carbons (Fsp3) is 0.440. The first-order valence-electron chi connectivity index (χ1n) is 11.4. The molecule has 0 bridgehead atoms. The van der Waals surface area contributed by atoms with Crippen molar-refractivity contribution in [3.63, 3.8) is 0 Å². The Kier molecular flexibility index (Phi) is 8.73. The van der Waals surface area contributed by atoms with Crippen LogP contribution in [0.2, 0.25) is 5.02 Å². The smallest absolute Gasteiger partial charge is 0.243 e. The number of amides is 2. The van der Waals surface area contributed by atoms with E-state index in [1.54, 1.807) is 43.3 Å². The normalized spacial score (nSPS) is 15.3. The molecule has 1 aliphatic carbocycles. The summed E-state index contributed by atoms with van der Waals surface area (Å²) in [5, 5.41) is 3.60. The molecule has 2 amide bonds. The first-order valence-corrected chi connectivity index (χ1v) is 13.3. The molecule has 0 aliphatic heterocycles. The molecule has 2 aromatic rings. The lowest BCUT2D eigenvalue weighted by atomic mass is 10.1. The minimum atomic E-state index is -3.86. The Balaban J connectivity index is 1.78. The van der Waals surface area contributed by atoms with Gasteiger partial charge in [-0.05, 0) is 56.5 Å². The Bertz CT molecular complexity index is 1100. The van der Waals surface area contributed by atoms with Crippen LogP contribution in [0.5, 0.6) is 0 Å². The SMILES string of the molecule is Cc1ccc(S(=O)(=O)N(C)CC(=O)N(Cc2ccc(Cl)cc2)[C@H](C)C(=O)NC2CCCC2)cc1. The van der Waals surface area contributed by atoms with E-state index < -0.39 is 22.0 Å². The average Bonchev–Trinajstić information content (AvgIpc) is 3.31. The number of benzene rings is 2. The molecule has 1 fully saturated rings. The summed E-state index contributed by atoms with van der Waals surface area (Å²) in [5.74, 6) is -0.694. The summed E-state index contributed by atoms with van der Waals surface area (Å²) in [5.41, 5.74) is 1.73. The summed E-state index contributed by atoms with van der Waals surface area (Å²) in [6.07, 6.45) is 4.02. The van der Waals surface area contributed by atoms with E-state index in [9.17, 15) is 18.0 Å². The second-order valence-corrected chi connectivity index (χ2v) is 11.4. The van der Waals surface area contributed by atoms with Crippen molar-refractivity contribution in [2.75, 3.05) is 13.6 Å². The van der Waals surface area contributed by atoms with Crippen LogP contribution in [0.25, 0.3) is 0 Å². The molecule has 0 radical (unpaired) electrons. The van der Waals surface area contributed by atoms with E-state index in [0.29, 0.717) is 5.02 Å². The summed E-state index contributed by atoms with van der Waals surface area (Å²) >= 11 is 5.99. The van der Waals surface area contributed by atoms with Gasteiger partial charge in [0, 0.05) is 24.7 Å². The fourth-order valence-corrected chi connectivity index (χ4v) is 5.26. The first-order chi connectivity index (χ1) is 16.1. The number of hydrogen-bond donors (Lipinski definition) is 1. The van der Waals surface area contributed by atoms with E-state index in [-0.39, 0.29) is 29.9 Å². The number of likely N-dealkylation sites (N-methyl/N-ethyl adjacent to an activating group) is 1. The van der Waals surface area contributed by atoms with Crippen molar-refractivity contribution in [3.8, 4) is 0 Å². The summed E-state index contributed by atoms with van der Waals surface area (Å²) in [6, 6.07) is 12.8. The van der Waals surface area contributed by atoms with Crippen LogP contribution in [-0.2, 0) is 26.2 Å². The highest BCUT2D eigenvalue weighted by atomic mass is 35.5. The highest BCUT2D eigenvalue weighted by Crippen LogP contribution is 2.20. The number of nitrogens with zero attached hydrogens (tertiary/aromatic N) is 2. The van der Waals surface area contributed by atoms with Crippen LogP contribution in [0.4, 0.5) is 0 Å². The average molecular weight is 506 g/mol. The van der Waals surface area contributed by atoms with Gasteiger partial charge in [0.2, 0.25) is 21.8 Å². The predicted octanol–water partition coefficient (Wildman–Crippen LogP) is 3.75. The standard InChI is InChI=1S/C25H32ClN3O4S/c1-18-8-14-23(15-9-18)34(32,33)28(3)17-24(30)29(16-20-10-12-21(26)13-11-20)19(2)25(31)27-22-6-4-5-7-22/h8-15,19,22H,4-7,16-17H2,1-3H3,(H,27,31)/t19-/m1/s1. The molecule has 7 nitrogen and oxygen atoms in total. The molecule has 0 unspecified atom stereocenters. The summed E-state index contributed by atoms with van der Waals surface area (Å²) in [7, 11) is -2.49. The minimum Gasteiger partial charge on any atom is -0.352 e. The number of aryl methyl sites for hydroxylation is 1. The van der Waals surface area contributed by atoms with Crippen molar-refractivity contribution in [1.29, 1.82) is 0 Å². The lowest BCUT2D eigenvalue weighted by Gasteiger charge is -2.31. The topological polar surface area (TPSA) is 86.8 Å². The maximum absolute atomic E-state index is 13.4. The summed E-state index contributed by atoms with van der Waals surface area (Å²) in [6.45, 7) is 3.32. The van der Waals surface area contributed by atoms with Gasteiger partial charge in [0.05, 0.1) is 11.4 Å². The second kappa shape index (κ2) is 11.3. The van der Waals surface area contributed by atoms with Crippen molar-refractivity contribution in [1.82, 2.24) is 14.5 Å². The molecule has 0 saturated heterocycles. The van der Waals surface area contributed by atoms with Crippen molar-refractivity contribution in [3.05, 3.63) is 64.7 Å². The highest BCUT2D eigenvalue weighted by Gasteiger charge is 2.31. The molecular weight excluding hydrogens is 474 g/mol.